The third-order valence-electron chi connectivity index (χ3n) is 7.33. The summed E-state index contributed by atoms with van der Waals surface area (Å²) in [7, 11) is 0. The third-order valence-corrected chi connectivity index (χ3v) is 7.33. The van der Waals surface area contributed by atoms with E-state index in [4.69, 9.17) is 9.47 Å². The first-order valence-corrected chi connectivity index (χ1v) is 13.5. The lowest BCUT2D eigenvalue weighted by Crippen LogP contribution is -2.31. The molecule has 0 bridgehead atoms. The second-order valence-electron chi connectivity index (χ2n) is 11.6. The molecule has 194 valence electrons. The molecule has 3 nitrogen and oxygen atoms in total. The van der Waals surface area contributed by atoms with E-state index in [1.165, 1.54) is 11.1 Å². The first kappa shape index (κ1) is 28.9. The molecule has 0 spiro atoms. The maximum atomic E-state index is 12.8. The summed E-state index contributed by atoms with van der Waals surface area (Å²) in [4.78, 5) is 12.8. The minimum atomic E-state index is -0.435. The molecule has 0 aliphatic carbocycles. The van der Waals surface area contributed by atoms with Crippen LogP contribution in [-0.2, 0) is 10.2 Å². The summed E-state index contributed by atoms with van der Waals surface area (Å²) in [6, 6.07) is 16.7. The summed E-state index contributed by atoms with van der Waals surface area (Å²) in [5, 5.41) is 0. The average molecular weight is 481 g/mol. The van der Waals surface area contributed by atoms with Gasteiger partial charge in [-0.25, -0.2) is 0 Å². The van der Waals surface area contributed by atoms with Crippen molar-refractivity contribution in [1.82, 2.24) is 0 Å². The van der Waals surface area contributed by atoms with Gasteiger partial charge < -0.3 is 9.47 Å². The Balaban J connectivity index is 2.29. The van der Waals surface area contributed by atoms with Gasteiger partial charge in [0.25, 0.3) is 0 Å². The largest absolute Gasteiger partial charge is 0.488 e. The van der Waals surface area contributed by atoms with E-state index in [0.717, 1.165) is 44.3 Å². The lowest BCUT2D eigenvalue weighted by atomic mass is 9.71. The van der Waals surface area contributed by atoms with Crippen LogP contribution in [0.15, 0.2) is 48.5 Å². The smallest absolute Gasteiger partial charge is 0.317 e. The van der Waals surface area contributed by atoms with Crippen molar-refractivity contribution in [2.45, 2.75) is 112 Å². The van der Waals surface area contributed by atoms with E-state index in [2.05, 4.69) is 91.8 Å². The van der Waals surface area contributed by atoms with E-state index < -0.39 is 5.41 Å². The molecule has 0 fully saturated rings. The van der Waals surface area contributed by atoms with Crippen molar-refractivity contribution in [3.8, 4) is 11.5 Å². The fourth-order valence-corrected chi connectivity index (χ4v) is 5.18. The third kappa shape index (κ3) is 7.59. The quantitative estimate of drug-likeness (QED) is 0.212. The van der Waals surface area contributed by atoms with Crippen molar-refractivity contribution in [1.29, 1.82) is 0 Å². The Labute approximate surface area is 214 Å². The molecule has 2 aromatic rings. The Morgan fingerprint density at radius 3 is 1.69 bits per heavy atom. The van der Waals surface area contributed by atoms with Gasteiger partial charge in [-0.05, 0) is 87.8 Å². The highest BCUT2D eigenvalue weighted by atomic mass is 16.5. The van der Waals surface area contributed by atoms with Crippen molar-refractivity contribution >= 4 is 5.97 Å². The van der Waals surface area contributed by atoms with Crippen molar-refractivity contribution in [3.05, 3.63) is 59.7 Å². The maximum absolute atomic E-state index is 12.8. The Morgan fingerprint density at radius 1 is 0.771 bits per heavy atom. The van der Waals surface area contributed by atoms with Gasteiger partial charge in [0.2, 0.25) is 0 Å². The standard InChI is InChI=1S/C32H48O3/c1-10-21-30(6,7)35-28-19-15-26(16-20-28)32(9,23-24(4)5)25-13-17-27(18-14-25)34-29(33)31(8,12-3)22-11-2/h13-20,24H,10-12,21-23H2,1-9H3. The molecule has 2 aromatic carbocycles. The Hall–Kier alpha value is -2.29. The molecule has 2 rings (SSSR count). The van der Waals surface area contributed by atoms with Crippen LogP contribution >= 0.6 is 0 Å². The topological polar surface area (TPSA) is 35.5 Å². The highest BCUT2D eigenvalue weighted by Gasteiger charge is 2.33. The normalized spacial score (nSPS) is 15.4. The molecule has 0 aliphatic heterocycles. The van der Waals surface area contributed by atoms with Gasteiger partial charge in [-0.1, -0.05) is 78.6 Å². The summed E-state index contributed by atoms with van der Waals surface area (Å²) < 4.78 is 12.1. The zero-order valence-electron chi connectivity index (χ0n) is 23.7. The molecule has 0 heterocycles. The zero-order chi connectivity index (χ0) is 26.3. The van der Waals surface area contributed by atoms with Crippen LogP contribution in [0.2, 0.25) is 0 Å². The van der Waals surface area contributed by atoms with E-state index in [1.807, 2.05) is 19.1 Å². The number of hydrogen-bond acceptors (Lipinski definition) is 3. The van der Waals surface area contributed by atoms with E-state index >= 15 is 0 Å². The molecule has 0 aromatic heterocycles. The lowest BCUT2D eigenvalue weighted by molar-refractivity contribution is -0.145. The minimum Gasteiger partial charge on any atom is -0.488 e. The van der Waals surface area contributed by atoms with Gasteiger partial charge in [0.1, 0.15) is 17.1 Å². The number of benzene rings is 2. The zero-order valence-corrected chi connectivity index (χ0v) is 23.7. The second-order valence-corrected chi connectivity index (χ2v) is 11.6. The summed E-state index contributed by atoms with van der Waals surface area (Å²) in [5.41, 5.74) is 1.72. The van der Waals surface area contributed by atoms with Crippen LogP contribution in [-0.4, -0.2) is 11.6 Å². The number of carbonyl (C=O) groups excluding carboxylic acids is 1. The molecular formula is C32H48O3. The van der Waals surface area contributed by atoms with Crippen LogP contribution < -0.4 is 9.47 Å². The number of carbonyl (C=O) groups is 1. The molecule has 0 radical (unpaired) electrons. The van der Waals surface area contributed by atoms with Gasteiger partial charge in [0.05, 0.1) is 5.41 Å². The van der Waals surface area contributed by atoms with Gasteiger partial charge in [0, 0.05) is 5.41 Å². The Bertz CT molecular complexity index is 926. The minimum absolute atomic E-state index is 0.138. The van der Waals surface area contributed by atoms with Gasteiger partial charge in [-0.2, -0.15) is 0 Å². The van der Waals surface area contributed by atoms with E-state index in [-0.39, 0.29) is 17.0 Å². The molecule has 0 amide bonds. The van der Waals surface area contributed by atoms with Crippen molar-refractivity contribution in [2.75, 3.05) is 0 Å². The summed E-state index contributed by atoms with van der Waals surface area (Å²) in [6.45, 7) is 19.5. The van der Waals surface area contributed by atoms with E-state index in [0.29, 0.717) is 11.7 Å². The predicted octanol–water partition coefficient (Wildman–Crippen LogP) is 9.12. The summed E-state index contributed by atoms with van der Waals surface area (Å²) >= 11 is 0. The number of ether oxygens (including phenoxy) is 2. The molecule has 35 heavy (non-hydrogen) atoms. The van der Waals surface area contributed by atoms with Crippen molar-refractivity contribution in [2.24, 2.45) is 11.3 Å². The number of hydrogen-bond donors (Lipinski definition) is 0. The second kappa shape index (κ2) is 12.1. The predicted molar refractivity (Wildman–Crippen MR) is 147 cm³/mol. The van der Waals surface area contributed by atoms with Gasteiger partial charge in [-0.3, -0.25) is 4.79 Å². The van der Waals surface area contributed by atoms with Crippen molar-refractivity contribution in [3.63, 3.8) is 0 Å². The van der Waals surface area contributed by atoms with Crippen LogP contribution in [0.25, 0.3) is 0 Å². The van der Waals surface area contributed by atoms with Crippen LogP contribution in [0.4, 0.5) is 0 Å². The fraction of sp³-hybridized carbons (Fsp3) is 0.594. The highest BCUT2D eigenvalue weighted by molar-refractivity contribution is 5.78. The number of esters is 1. The lowest BCUT2D eigenvalue weighted by Gasteiger charge is -2.33. The molecule has 2 unspecified atom stereocenters. The first-order valence-electron chi connectivity index (χ1n) is 13.5. The van der Waals surface area contributed by atoms with Crippen LogP contribution in [0.5, 0.6) is 11.5 Å². The summed E-state index contributed by atoms with van der Waals surface area (Å²) in [5.74, 6) is 1.91. The molecule has 0 saturated carbocycles. The van der Waals surface area contributed by atoms with Gasteiger partial charge in [-0.15, -0.1) is 0 Å². The van der Waals surface area contributed by atoms with Gasteiger partial charge >= 0.3 is 5.97 Å². The first-order chi connectivity index (χ1) is 16.4. The van der Waals surface area contributed by atoms with Gasteiger partial charge in [0.15, 0.2) is 0 Å². The van der Waals surface area contributed by atoms with Crippen LogP contribution in [0.3, 0.4) is 0 Å². The molecule has 0 aliphatic rings. The van der Waals surface area contributed by atoms with E-state index in [1.54, 1.807) is 0 Å². The molecule has 0 saturated heterocycles. The van der Waals surface area contributed by atoms with Crippen LogP contribution in [0.1, 0.15) is 112 Å². The highest BCUT2D eigenvalue weighted by Crippen LogP contribution is 2.40. The molecular weight excluding hydrogens is 432 g/mol. The number of rotatable bonds is 13. The Morgan fingerprint density at radius 2 is 1.26 bits per heavy atom. The molecule has 3 heteroatoms. The summed E-state index contributed by atoms with van der Waals surface area (Å²) in [6.07, 6.45) is 5.71. The fourth-order valence-electron chi connectivity index (χ4n) is 5.18. The average Bonchev–Trinajstić information content (AvgIpc) is 2.79. The van der Waals surface area contributed by atoms with E-state index in [9.17, 15) is 4.79 Å². The van der Waals surface area contributed by atoms with Crippen molar-refractivity contribution < 1.29 is 14.3 Å². The SMILES string of the molecule is CCCC(C)(C)Oc1ccc(C(C)(CC(C)C)c2ccc(OC(=O)C(C)(CC)CCC)cc2)cc1. The molecule has 2 atom stereocenters. The molecule has 0 N–H and O–H groups in total. The monoisotopic (exact) mass is 480 g/mol. The Kier molecular flexibility index (Phi) is 10.0. The maximum Gasteiger partial charge on any atom is 0.317 e. The van der Waals surface area contributed by atoms with Crippen LogP contribution in [0, 0.1) is 11.3 Å².